The zero-order valence-electron chi connectivity index (χ0n) is 17.9. The highest BCUT2D eigenvalue weighted by Gasteiger charge is 2.30. The molecule has 1 fully saturated rings. The number of piperazine rings is 1. The van der Waals surface area contributed by atoms with Crippen LogP contribution in [0.3, 0.4) is 0 Å². The summed E-state index contributed by atoms with van der Waals surface area (Å²) in [6, 6.07) is 3.50. The number of benzene rings is 1. The molecular weight excluding hydrogens is 412 g/mol. The van der Waals surface area contributed by atoms with E-state index in [1.54, 1.807) is 25.7 Å². The number of sulfonamides is 1. The molecule has 1 aliphatic rings. The summed E-state index contributed by atoms with van der Waals surface area (Å²) in [6.45, 7) is 11.1. The number of amides is 1. The highest BCUT2D eigenvalue weighted by Crippen LogP contribution is 2.31. The van der Waals surface area contributed by atoms with Crippen LogP contribution >= 0.6 is 0 Å². The average molecular weight is 443 g/mol. The molecule has 0 saturated carbocycles. The van der Waals surface area contributed by atoms with E-state index in [2.05, 4.69) is 11.8 Å². The smallest absolute Gasteiger partial charge is 0.312 e. The van der Waals surface area contributed by atoms with Gasteiger partial charge in [-0.15, -0.1) is 0 Å². The van der Waals surface area contributed by atoms with Crippen LogP contribution in [0.25, 0.3) is 0 Å². The van der Waals surface area contributed by atoms with E-state index in [9.17, 15) is 23.3 Å². The molecule has 1 saturated heterocycles. The summed E-state index contributed by atoms with van der Waals surface area (Å²) in [4.78, 5) is 27.3. The van der Waals surface area contributed by atoms with E-state index in [4.69, 9.17) is 4.74 Å². The number of hydrogen-bond acceptors (Lipinski definition) is 7. The molecule has 1 aromatic carbocycles. The summed E-state index contributed by atoms with van der Waals surface area (Å²) < 4.78 is 32.2. The van der Waals surface area contributed by atoms with E-state index in [1.807, 2.05) is 0 Å². The highest BCUT2D eigenvalue weighted by atomic mass is 32.2. The number of hydrogen-bond donors (Lipinski definition) is 0. The predicted octanol–water partition coefficient (Wildman–Crippen LogP) is 1.56. The third-order valence-corrected chi connectivity index (χ3v) is 7.30. The maximum absolute atomic E-state index is 12.7. The van der Waals surface area contributed by atoms with Crippen LogP contribution in [0, 0.1) is 10.1 Å². The zero-order valence-corrected chi connectivity index (χ0v) is 18.7. The van der Waals surface area contributed by atoms with Crippen molar-refractivity contribution in [2.45, 2.75) is 38.7 Å². The van der Waals surface area contributed by atoms with Crippen LogP contribution in [0.4, 0.5) is 5.69 Å². The molecule has 30 heavy (non-hydrogen) atoms. The molecule has 1 atom stereocenters. The molecule has 0 aliphatic carbocycles. The van der Waals surface area contributed by atoms with Gasteiger partial charge in [0, 0.05) is 45.3 Å². The van der Waals surface area contributed by atoms with Crippen molar-refractivity contribution in [3.8, 4) is 5.75 Å². The Labute approximate surface area is 177 Å². The van der Waals surface area contributed by atoms with Crippen LogP contribution in [0.15, 0.2) is 23.1 Å². The van der Waals surface area contributed by atoms with Gasteiger partial charge in [-0.25, -0.2) is 8.42 Å². The summed E-state index contributed by atoms with van der Waals surface area (Å²) in [5.74, 6) is -0.383. The topological polar surface area (TPSA) is 113 Å². The lowest BCUT2D eigenvalue weighted by atomic mass is 10.2. The number of likely N-dealkylation sites (N-methyl/N-ethyl adjacent to an activating group) is 1. The van der Waals surface area contributed by atoms with Crippen molar-refractivity contribution in [3.63, 3.8) is 0 Å². The molecule has 0 unspecified atom stereocenters. The molecule has 0 radical (unpaired) electrons. The Morgan fingerprint density at radius 3 is 2.30 bits per heavy atom. The summed E-state index contributed by atoms with van der Waals surface area (Å²) in [5, 5.41) is 11.5. The second-order valence-electron chi connectivity index (χ2n) is 7.00. The molecule has 1 heterocycles. The first-order chi connectivity index (χ1) is 14.1. The fourth-order valence-corrected chi connectivity index (χ4v) is 4.87. The van der Waals surface area contributed by atoms with Crippen molar-refractivity contribution in [3.05, 3.63) is 28.3 Å². The molecule has 168 valence electrons. The highest BCUT2D eigenvalue weighted by molar-refractivity contribution is 7.89. The molecule has 1 aromatic rings. The fourth-order valence-electron chi connectivity index (χ4n) is 3.40. The molecule has 10 nitrogen and oxygen atoms in total. The first kappa shape index (κ1) is 24.0. The minimum absolute atomic E-state index is 0.133. The Bertz CT molecular complexity index is 864. The van der Waals surface area contributed by atoms with Gasteiger partial charge >= 0.3 is 5.69 Å². The van der Waals surface area contributed by atoms with Gasteiger partial charge in [0.05, 0.1) is 9.82 Å². The Morgan fingerprint density at radius 1 is 1.20 bits per heavy atom. The van der Waals surface area contributed by atoms with E-state index in [1.165, 1.54) is 16.4 Å². The summed E-state index contributed by atoms with van der Waals surface area (Å²) in [7, 11) is -3.85. The molecule has 0 aromatic heterocycles. The van der Waals surface area contributed by atoms with Gasteiger partial charge in [0.1, 0.15) is 0 Å². The number of nitrogens with zero attached hydrogens (tertiary/aromatic N) is 4. The van der Waals surface area contributed by atoms with Crippen molar-refractivity contribution in [2.24, 2.45) is 0 Å². The Kier molecular flexibility index (Phi) is 8.16. The van der Waals surface area contributed by atoms with Crippen molar-refractivity contribution in [1.82, 2.24) is 14.1 Å². The van der Waals surface area contributed by atoms with Gasteiger partial charge in [-0.2, -0.15) is 4.31 Å². The van der Waals surface area contributed by atoms with Crippen LogP contribution < -0.4 is 4.74 Å². The van der Waals surface area contributed by atoms with Crippen LogP contribution in [0.1, 0.15) is 27.7 Å². The molecule has 0 bridgehead atoms. The monoisotopic (exact) mass is 442 g/mol. The lowest BCUT2D eigenvalue weighted by Gasteiger charge is -2.35. The zero-order chi connectivity index (χ0) is 22.5. The molecule has 1 amide bonds. The predicted molar refractivity (Wildman–Crippen MR) is 112 cm³/mol. The molecule has 11 heteroatoms. The normalized spacial score (nSPS) is 16.5. The number of rotatable bonds is 9. The lowest BCUT2D eigenvalue weighted by molar-refractivity contribution is -0.386. The Hall–Kier alpha value is -2.24. The van der Waals surface area contributed by atoms with Gasteiger partial charge in [-0.1, -0.05) is 20.8 Å². The standard InChI is InChI=1S/C19H30N4O6S/c1-5-20-10-12-21(13-11-20)19(24)15(4)29-18-9-8-16(14-17(18)23(25)26)30(27,28)22(6-2)7-3/h8-9,14-15H,5-7,10-13H2,1-4H3/t15-/m0/s1. The largest absolute Gasteiger partial charge is 0.474 e. The molecule has 2 rings (SSSR count). The van der Waals surface area contributed by atoms with Crippen molar-refractivity contribution in [2.75, 3.05) is 45.8 Å². The number of nitro benzene ring substituents is 1. The number of carbonyl (C=O) groups excluding carboxylic acids is 1. The first-order valence-corrected chi connectivity index (χ1v) is 11.6. The number of nitro groups is 1. The van der Waals surface area contributed by atoms with Crippen molar-refractivity contribution in [1.29, 1.82) is 0 Å². The van der Waals surface area contributed by atoms with Gasteiger partial charge in [-0.3, -0.25) is 14.9 Å². The van der Waals surface area contributed by atoms with Crippen LogP contribution in [-0.4, -0.2) is 85.3 Å². The molecule has 1 aliphatic heterocycles. The quantitative estimate of drug-likeness (QED) is 0.421. The van der Waals surface area contributed by atoms with Crippen LogP contribution in [-0.2, 0) is 14.8 Å². The molecule has 0 N–H and O–H groups in total. The molecule has 0 spiro atoms. The fraction of sp³-hybridized carbons (Fsp3) is 0.632. The Morgan fingerprint density at radius 2 is 1.80 bits per heavy atom. The van der Waals surface area contributed by atoms with Gasteiger partial charge in [0.2, 0.25) is 10.0 Å². The van der Waals surface area contributed by atoms with Crippen molar-refractivity contribution < 1.29 is 22.9 Å². The first-order valence-electron chi connectivity index (χ1n) is 10.1. The van der Waals surface area contributed by atoms with Gasteiger partial charge in [-0.05, 0) is 25.6 Å². The minimum atomic E-state index is -3.85. The third kappa shape index (κ3) is 5.27. The second-order valence-corrected chi connectivity index (χ2v) is 8.93. The number of carbonyl (C=O) groups is 1. The van der Waals surface area contributed by atoms with Crippen LogP contribution in [0.5, 0.6) is 5.75 Å². The summed E-state index contributed by atoms with van der Waals surface area (Å²) in [6.07, 6.45) is -0.929. The van der Waals surface area contributed by atoms with E-state index in [0.717, 1.165) is 25.7 Å². The SMILES string of the molecule is CCN1CCN(C(=O)[C@H](C)Oc2ccc(S(=O)(=O)N(CC)CC)cc2[N+](=O)[O-])CC1. The summed E-state index contributed by atoms with van der Waals surface area (Å²) in [5.41, 5.74) is -0.487. The van der Waals surface area contributed by atoms with Crippen LogP contribution in [0.2, 0.25) is 0 Å². The second kappa shape index (κ2) is 10.2. The Balaban J connectivity index is 2.21. The van der Waals surface area contributed by atoms with E-state index in [-0.39, 0.29) is 29.6 Å². The van der Waals surface area contributed by atoms with Crippen molar-refractivity contribution >= 4 is 21.6 Å². The maximum Gasteiger partial charge on any atom is 0.312 e. The van der Waals surface area contributed by atoms with E-state index < -0.39 is 26.7 Å². The van der Waals surface area contributed by atoms with Gasteiger partial charge in [0.25, 0.3) is 5.91 Å². The molecular formula is C19H30N4O6S. The summed E-state index contributed by atoms with van der Waals surface area (Å²) >= 11 is 0. The third-order valence-electron chi connectivity index (χ3n) is 5.25. The van der Waals surface area contributed by atoms with Gasteiger partial charge < -0.3 is 14.5 Å². The average Bonchev–Trinajstić information content (AvgIpc) is 2.73. The maximum atomic E-state index is 12.7. The number of ether oxygens (including phenoxy) is 1. The van der Waals surface area contributed by atoms with E-state index >= 15 is 0 Å². The van der Waals surface area contributed by atoms with Gasteiger partial charge in [0.15, 0.2) is 11.9 Å². The van der Waals surface area contributed by atoms with E-state index in [0.29, 0.717) is 13.1 Å². The lowest BCUT2D eigenvalue weighted by Crippen LogP contribution is -2.51. The minimum Gasteiger partial charge on any atom is -0.474 e.